The highest BCUT2D eigenvalue weighted by molar-refractivity contribution is 6.31. The van der Waals surface area contributed by atoms with Gasteiger partial charge in [0.1, 0.15) is 5.75 Å². The number of esters is 1. The number of rotatable bonds is 6. The molecule has 7 heteroatoms. The molecule has 0 saturated carbocycles. The van der Waals surface area contributed by atoms with Crippen LogP contribution < -0.4 is 15.4 Å². The lowest BCUT2D eigenvalue weighted by Crippen LogP contribution is -2.22. The summed E-state index contributed by atoms with van der Waals surface area (Å²) in [6, 6.07) is 8.51. The Kier molecular flexibility index (Phi) is 6.46. The van der Waals surface area contributed by atoms with Crippen LogP contribution in [-0.4, -0.2) is 32.6 Å². The maximum Gasteiger partial charge on any atom is 0.337 e. The van der Waals surface area contributed by atoms with Gasteiger partial charge in [0, 0.05) is 16.8 Å². The summed E-state index contributed by atoms with van der Waals surface area (Å²) in [5.74, 6) is -0.142. The van der Waals surface area contributed by atoms with Gasteiger partial charge in [-0.2, -0.15) is 0 Å². The van der Waals surface area contributed by atoms with E-state index in [4.69, 9.17) is 21.1 Å². The van der Waals surface area contributed by atoms with Crippen LogP contribution in [0, 0.1) is 13.8 Å². The number of aryl methyl sites for hydroxylation is 2. The number of carbonyl (C=O) groups excluding carboxylic acids is 2. The van der Waals surface area contributed by atoms with Crippen LogP contribution in [0.4, 0.5) is 11.4 Å². The second kappa shape index (κ2) is 8.58. The minimum atomic E-state index is -0.400. The van der Waals surface area contributed by atoms with Crippen LogP contribution in [0.3, 0.4) is 0 Å². The Morgan fingerprint density at radius 3 is 2.38 bits per heavy atom. The monoisotopic (exact) mass is 376 g/mol. The van der Waals surface area contributed by atoms with Gasteiger partial charge in [0.15, 0.2) is 0 Å². The molecular weight excluding hydrogens is 356 g/mol. The van der Waals surface area contributed by atoms with Crippen LogP contribution in [0.1, 0.15) is 21.5 Å². The molecule has 0 spiro atoms. The van der Waals surface area contributed by atoms with Crippen LogP contribution in [0.25, 0.3) is 0 Å². The van der Waals surface area contributed by atoms with E-state index in [1.54, 1.807) is 30.3 Å². The third kappa shape index (κ3) is 4.67. The van der Waals surface area contributed by atoms with Crippen molar-refractivity contribution in [1.82, 2.24) is 0 Å². The van der Waals surface area contributed by atoms with Gasteiger partial charge in [-0.3, -0.25) is 4.79 Å². The summed E-state index contributed by atoms with van der Waals surface area (Å²) in [7, 11) is 2.85. The number of nitrogens with one attached hydrogen (secondary N) is 2. The van der Waals surface area contributed by atoms with Gasteiger partial charge in [-0.05, 0) is 49.2 Å². The number of halogens is 1. The first-order chi connectivity index (χ1) is 12.3. The number of hydrogen-bond donors (Lipinski definition) is 2. The zero-order valence-corrected chi connectivity index (χ0v) is 15.9. The Balaban J connectivity index is 2.03. The predicted octanol–water partition coefficient (Wildman–Crippen LogP) is 3.80. The summed E-state index contributed by atoms with van der Waals surface area (Å²) < 4.78 is 9.94. The van der Waals surface area contributed by atoms with Gasteiger partial charge in [-0.1, -0.05) is 11.6 Å². The fraction of sp³-hybridized carbons (Fsp3) is 0.263. The molecule has 0 aliphatic rings. The maximum absolute atomic E-state index is 12.2. The first-order valence-electron chi connectivity index (χ1n) is 7.92. The van der Waals surface area contributed by atoms with Crippen molar-refractivity contribution < 1.29 is 19.1 Å². The third-order valence-corrected chi connectivity index (χ3v) is 4.25. The zero-order chi connectivity index (χ0) is 19.3. The highest BCUT2D eigenvalue weighted by Gasteiger charge is 2.12. The average Bonchev–Trinajstić information content (AvgIpc) is 2.62. The third-order valence-electron chi connectivity index (χ3n) is 3.84. The molecule has 2 aromatic carbocycles. The lowest BCUT2D eigenvalue weighted by atomic mass is 10.1. The quantitative estimate of drug-likeness (QED) is 0.750. The summed E-state index contributed by atoms with van der Waals surface area (Å²) in [6.07, 6.45) is 0. The van der Waals surface area contributed by atoms with Gasteiger partial charge in [0.2, 0.25) is 5.91 Å². The molecule has 2 aromatic rings. The number of methoxy groups -OCH3 is 2. The Morgan fingerprint density at radius 1 is 1.04 bits per heavy atom. The Hall–Kier alpha value is -2.73. The number of amides is 1. The normalized spacial score (nSPS) is 10.2. The van der Waals surface area contributed by atoms with Crippen molar-refractivity contribution in [2.75, 3.05) is 31.4 Å². The van der Waals surface area contributed by atoms with E-state index >= 15 is 0 Å². The van der Waals surface area contributed by atoms with Gasteiger partial charge in [-0.15, -0.1) is 0 Å². The van der Waals surface area contributed by atoms with Crippen molar-refractivity contribution in [1.29, 1.82) is 0 Å². The predicted molar refractivity (Wildman–Crippen MR) is 102 cm³/mol. The van der Waals surface area contributed by atoms with E-state index in [1.165, 1.54) is 14.2 Å². The van der Waals surface area contributed by atoms with Crippen LogP contribution >= 0.6 is 11.6 Å². The van der Waals surface area contributed by atoms with Crippen molar-refractivity contribution in [3.63, 3.8) is 0 Å². The van der Waals surface area contributed by atoms with Gasteiger partial charge >= 0.3 is 5.97 Å². The Morgan fingerprint density at radius 2 is 1.77 bits per heavy atom. The van der Waals surface area contributed by atoms with Crippen molar-refractivity contribution in [2.45, 2.75) is 13.8 Å². The molecule has 0 aliphatic heterocycles. The molecule has 0 unspecified atom stereocenters. The molecule has 0 atom stereocenters. The second-order valence-corrected chi connectivity index (χ2v) is 6.13. The van der Waals surface area contributed by atoms with Crippen LogP contribution in [-0.2, 0) is 9.53 Å². The largest absolute Gasteiger partial charge is 0.495 e. The number of benzene rings is 2. The summed E-state index contributed by atoms with van der Waals surface area (Å²) in [4.78, 5) is 23.8. The molecule has 0 bridgehead atoms. The first-order valence-corrected chi connectivity index (χ1v) is 8.30. The van der Waals surface area contributed by atoms with Crippen LogP contribution in [0.5, 0.6) is 5.75 Å². The summed E-state index contributed by atoms with van der Waals surface area (Å²) in [5.41, 5.74) is 3.44. The molecule has 1 amide bonds. The van der Waals surface area contributed by atoms with E-state index in [2.05, 4.69) is 10.6 Å². The van der Waals surface area contributed by atoms with Crippen LogP contribution in [0.2, 0.25) is 5.02 Å². The summed E-state index contributed by atoms with van der Waals surface area (Å²) in [5, 5.41) is 6.42. The van der Waals surface area contributed by atoms with E-state index in [0.29, 0.717) is 22.0 Å². The standard InChI is InChI=1S/C19H21ClN2O4/c1-11-8-16(17(25-3)9-14(11)20)22-18(23)10-21-15-6-5-13(7-12(15)2)19(24)26-4/h5-9,21H,10H2,1-4H3,(H,22,23). The number of ether oxygens (including phenoxy) is 2. The number of hydrogen-bond acceptors (Lipinski definition) is 5. The van der Waals surface area contributed by atoms with E-state index in [9.17, 15) is 9.59 Å². The maximum atomic E-state index is 12.2. The van der Waals surface area contributed by atoms with Gasteiger partial charge in [-0.25, -0.2) is 4.79 Å². The minimum absolute atomic E-state index is 0.0588. The molecule has 6 nitrogen and oxygen atoms in total. The smallest absolute Gasteiger partial charge is 0.337 e. The number of anilines is 2. The number of carbonyl (C=O) groups is 2. The average molecular weight is 377 g/mol. The molecule has 0 radical (unpaired) electrons. The topological polar surface area (TPSA) is 76.7 Å². The molecule has 0 aromatic heterocycles. The lowest BCUT2D eigenvalue weighted by molar-refractivity contribution is -0.114. The fourth-order valence-corrected chi connectivity index (χ4v) is 2.56. The van der Waals surface area contributed by atoms with E-state index in [-0.39, 0.29) is 12.5 Å². The highest BCUT2D eigenvalue weighted by atomic mass is 35.5. The van der Waals surface area contributed by atoms with Gasteiger partial charge in [0.05, 0.1) is 32.0 Å². The molecule has 0 saturated heterocycles. The molecule has 0 heterocycles. The Labute approximate surface area is 157 Å². The SMILES string of the molecule is COC(=O)c1ccc(NCC(=O)Nc2cc(C)c(Cl)cc2OC)c(C)c1. The van der Waals surface area contributed by atoms with E-state index < -0.39 is 5.97 Å². The molecule has 26 heavy (non-hydrogen) atoms. The van der Waals surface area contributed by atoms with Crippen LogP contribution in [0.15, 0.2) is 30.3 Å². The lowest BCUT2D eigenvalue weighted by Gasteiger charge is -2.14. The minimum Gasteiger partial charge on any atom is -0.495 e. The van der Waals surface area contributed by atoms with Gasteiger partial charge in [0.25, 0.3) is 0 Å². The zero-order valence-electron chi connectivity index (χ0n) is 15.1. The fourth-order valence-electron chi connectivity index (χ4n) is 2.41. The molecule has 2 N–H and O–H groups in total. The molecule has 0 aliphatic carbocycles. The van der Waals surface area contributed by atoms with Crippen molar-refractivity contribution in [3.8, 4) is 5.75 Å². The first kappa shape index (κ1) is 19.6. The molecular formula is C19H21ClN2O4. The highest BCUT2D eigenvalue weighted by Crippen LogP contribution is 2.30. The van der Waals surface area contributed by atoms with Gasteiger partial charge < -0.3 is 20.1 Å². The van der Waals surface area contributed by atoms with Crippen molar-refractivity contribution in [3.05, 3.63) is 52.0 Å². The van der Waals surface area contributed by atoms with E-state index in [0.717, 1.165) is 16.8 Å². The molecule has 2 rings (SSSR count). The summed E-state index contributed by atoms with van der Waals surface area (Å²) in [6.45, 7) is 3.75. The molecule has 138 valence electrons. The van der Waals surface area contributed by atoms with E-state index in [1.807, 2.05) is 13.8 Å². The van der Waals surface area contributed by atoms with Crippen molar-refractivity contribution >= 4 is 34.9 Å². The van der Waals surface area contributed by atoms with Crippen molar-refractivity contribution in [2.24, 2.45) is 0 Å². The summed E-state index contributed by atoms with van der Waals surface area (Å²) >= 11 is 6.07. The Bertz CT molecular complexity index is 837. The second-order valence-electron chi connectivity index (χ2n) is 5.72. The molecule has 0 fully saturated rings.